The molecule has 0 amide bonds. The van der Waals surface area contributed by atoms with E-state index in [1.54, 1.807) is 13.4 Å². The Bertz CT molecular complexity index is 473. The molecule has 1 aliphatic rings. The van der Waals surface area contributed by atoms with Crippen LogP contribution in [0.1, 0.15) is 18.6 Å². The molecule has 0 saturated carbocycles. The van der Waals surface area contributed by atoms with Gasteiger partial charge >= 0.3 is 0 Å². The van der Waals surface area contributed by atoms with E-state index in [1.165, 1.54) is 0 Å². The van der Waals surface area contributed by atoms with Gasteiger partial charge in [0, 0.05) is 58.4 Å². The third-order valence-corrected chi connectivity index (χ3v) is 4.82. The van der Waals surface area contributed by atoms with Crippen LogP contribution in [0.25, 0.3) is 0 Å². The molecule has 136 valence electrons. The molecule has 2 heterocycles. The van der Waals surface area contributed by atoms with Gasteiger partial charge in [0.1, 0.15) is 5.76 Å². The van der Waals surface area contributed by atoms with Gasteiger partial charge in [0.05, 0.1) is 18.4 Å². The fraction of sp³-hybridized carbons (Fsp3) is 0.706. The molecule has 6 nitrogen and oxygen atoms in total. The van der Waals surface area contributed by atoms with Crippen molar-refractivity contribution in [3.05, 3.63) is 24.2 Å². The van der Waals surface area contributed by atoms with E-state index in [0.717, 1.165) is 63.0 Å². The van der Waals surface area contributed by atoms with E-state index in [9.17, 15) is 0 Å². The van der Waals surface area contributed by atoms with Crippen LogP contribution in [0.15, 0.2) is 27.8 Å². The Labute approximate surface area is 148 Å². The van der Waals surface area contributed by atoms with E-state index in [-0.39, 0.29) is 5.60 Å². The first-order valence-electron chi connectivity index (χ1n) is 8.44. The number of nitrogens with zero attached hydrogens (tertiary/aromatic N) is 1. The molecule has 0 unspecified atom stereocenters. The molecule has 1 aromatic rings. The highest BCUT2D eigenvalue weighted by Gasteiger charge is 2.32. The molecule has 1 fully saturated rings. The van der Waals surface area contributed by atoms with Gasteiger partial charge in [-0.25, -0.2) is 0 Å². The van der Waals surface area contributed by atoms with Gasteiger partial charge in [-0.1, -0.05) is 0 Å². The normalized spacial score (nSPS) is 17.7. The first kappa shape index (κ1) is 19.1. The third kappa shape index (κ3) is 6.37. The van der Waals surface area contributed by atoms with Gasteiger partial charge in [-0.05, 0) is 18.4 Å². The number of thioether (sulfide) groups is 1. The number of rotatable bonds is 9. The number of guanidine groups is 1. The minimum Gasteiger partial charge on any atom is -0.469 e. The van der Waals surface area contributed by atoms with Crippen molar-refractivity contribution < 1.29 is 13.9 Å². The van der Waals surface area contributed by atoms with Crippen molar-refractivity contribution in [1.82, 2.24) is 10.6 Å². The van der Waals surface area contributed by atoms with Crippen LogP contribution >= 0.6 is 11.8 Å². The van der Waals surface area contributed by atoms with Crippen LogP contribution in [0.2, 0.25) is 0 Å². The summed E-state index contributed by atoms with van der Waals surface area (Å²) in [6.07, 6.45) is 6.41. The molecule has 1 aliphatic heterocycles. The zero-order valence-electron chi connectivity index (χ0n) is 14.7. The highest BCUT2D eigenvalue weighted by molar-refractivity contribution is 7.98. The Hall–Kier alpha value is -1.18. The molecule has 0 aromatic carbocycles. The van der Waals surface area contributed by atoms with Crippen molar-refractivity contribution >= 4 is 17.7 Å². The molecular weight excluding hydrogens is 326 g/mol. The number of methoxy groups -OCH3 is 1. The lowest BCUT2D eigenvalue weighted by Gasteiger charge is -2.34. The summed E-state index contributed by atoms with van der Waals surface area (Å²) in [5.74, 6) is 2.85. The fourth-order valence-electron chi connectivity index (χ4n) is 2.60. The monoisotopic (exact) mass is 355 g/mol. The lowest BCUT2D eigenvalue weighted by Crippen LogP contribution is -2.44. The number of nitrogens with one attached hydrogen (secondary N) is 2. The molecule has 24 heavy (non-hydrogen) atoms. The van der Waals surface area contributed by atoms with Crippen molar-refractivity contribution in [3.8, 4) is 0 Å². The zero-order chi connectivity index (χ0) is 17.1. The predicted molar refractivity (Wildman–Crippen MR) is 98.9 cm³/mol. The van der Waals surface area contributed by atoms with E-state index < -0.39 is 0 Å². The van der Waals surface area contributed by atoms with E-state index in [2.05, 4.69) is 16.9 Å². The molecule has 0 bridgehead atoms. The number of hydrogen-bond donors (Lipinski definition) is 2. The summed E-state index contributed by atoms with van der Waals surface area (Å²) < 4.78 is 16.6. The van der Waals surface area contributed by atoms with Crippen LogP contribution in [-0.4, -0.2) is 63.5 Å². The smallest absolute Gasteiger partial charge is 0.191 e. The van der Waals surface area contributed by atoms with E-state index >= 15 is 0 Å². The Balaban J connectivity index is 1.87. The summed E-state index contributed by atoms with van der Waals surface area (Å²) in [4.78, 5) is 4.76. The second-order valence-corrected chi connectivity index (χ2v) is 6.83. The molecule has 2 N–H and O–H groups in total. The second-order valence-electron chi connectivity index (χ2n) is 5.84. The molecule has 1 saturated heterocycles. The Morgan fingerprint density at radius 1 is 1.33 bits per heavy atom. The number of furan rings is 1. The lowest BCUT2D eigenvalue weighted by molar-refractivity contribution is -0.0828. The van der Waals surface area contributed by atoms with Crippen molar-refractivity contribution in [2.45, 2.75) is 24.9 Å². The molecule has 0 spiro atoms. The molecular formula is C17H29N3O3S. The minimum absolute atomic E-state index is 0.201. The standard InChI is InChI=1S/C17H29N3O3S/c1-21-17(6-11-22-12-7-17)14-20-16(19-9-13-24-2)18-8-5-15-4-3-10-23-15/h3-4,10H,5-9,11-14H2,1-2H3,(H2,18,19,20). The summed E-state index contributed by atoms with van der Waals surface area (Å²) in [6.45, 7) is 3.79. The largest absolute Gasteiger partial charge is 0.469 e. The fourth-order valence-corrected chi connectivity index (χ4v) is 2.90. The lowest BCUT2D eigenvalue weighted by atomic mass is 9.94. The van der Waals surface area contributed by atoms with E-state index in [1.807, 2.05) is 23.9 Å². The Kier molecular flexibility index (Phi) is 8.49. The summed E-state index contributed by atoms with van der Waals surface area (Å²) in [5, 5.41) is 6.76. The van der Waals surface area contributed by atoms with E-state index in [0.29, 0.717) is 6.54 Å². The molecule has 7 heteroatoms. The molecule has 1 aromatic heterocycles. The van der Waals surface area contributed by atoms with Gasteiger partial charge in [0.15, 0.2) is 5.96 Å². The maximum atomic E-state index is 5.76. The average molecular weight is 356 g/mol. The second kappa shape index (κ2) is 10.6. The van der Waals surface area contributed by atoms with Crippen LogP contribution in [0.3, 0.4) is 0 Å². The SMILES string of the molecule is COC1(CN=C(NCCSC)NCCc2ccco2)CCOCC1. The number of aliphatic imine (C=N–C) groups is 1. The van der Waals surface area contributed by atoms with Crippen LogP contribution in [0.5, 0.6) is 0 Å². The van der Waals surface area contributed by atoms with Crippen LogP contribution in [0.4, 0.5) is 0 Å². The van der Waals surface area contributed by atoms with Gasteiger partial charge in [0.25, 0.3) is 0 Å². The maximum absolute atomic E-state index is 5.76. The maximum Gasteiger partial charge on any atom is 0.191 e. The number of hydrogen-bond acceptors (Lipinski definition) is 5. The van der Waals surface area contributed by atoms with Crippen LogP contribution in [-0.2, 0) is 15.9 Å². The first-order valence-corrected chi connectivity index (χ1v) is 9.84. The summed E-state index contributed by atoms with van der Waals surface area (Å²) in [6, 6.07) is 3.90. The van der Waals surface area contributed by atoms with Gasteiger partial charge in [-0.2, -0.15) is 11.8 Å². The van der Waals surface area contributed by atoms with Crippen LogP contribution < -0.4 is 10.6 Å². The van der Waals surface area contributed by atoms with Gasteiger partial charge in [-0.3, -0.25) is 4.99 Å². The average Bonchev–Trinajstić information content (AvgIpc) is 3.13. The highest BCUT2D eigenvalue weighted by Crippen LogP contribution is 2.24. The van der Waals surface area contributed by atoms with Gasteiger partial charge in [0.2, 0.25) is 0 Å². The molecule has 0 radical (unpaired) electrons. The van der Waals surface area contributed by atoms with Crippen molar-refractivity contribution in [2.24, 2.45) is 4.99 Å². The summed E-state index contributed by atoms with van der Waals surface area (Å²) in [7, 11) is 1.77. The van der Waals surface area contributed by atoms with Crippen molar-refractivity contribution in [3.63, 3.8) is 0 Å². The summed E-state index contributed by atoms with van der Waals surface area (Å²) >= 11 is 1.81. The Morgan fingerprint density at radius 3 is 2.79 bits per heavy atom. The predicted octanol–water partition coefficient (Wildman–Crippen LogP) is 1.92. The minimum atomic E-state index is -0.201. The Morgan fingerprint density at radius 2 is 2.12 bits per heavy atom. The molecule has 0 atom stereocenters. The highest BCUT2D eigenvalue weighted by atomic mass is 32.2. The third-order valence-electron chi connectivity index (χ3n) is 4.20. The molecule has 0 aliphatic carbocycles. The number of ether oxygens (including phenoxy) is 2. The van der Waals surface area contributed by atoms with Gasteiger partial charge < -0.3 is 24.5 Å². The topological polar surface area (TPSA) is 68.0 Å². The zero-order valence-corrected chi connectivity index (χ0v) is 15.5. The van der Waals surface area contributed by atoms with Crippen LogP contribution in [0, 0.1) is 0 Å². The van der Waals surface area contributed by atoms with Crippen molar-refractivity contribution in [2.75, 3.05) is 52.0 Å². The van der Waals surface area contributed by atoms with E-state index in [4.69, 9.17) is 18.9 Å². The first-order chi connectivity index (χ1) is 11.8. The summed E-state index contributed by atoms with van der Waals surface area (Å²) in [5.41, 5.74) is -0.201. The molecule has 2 rings (SSSR count). The van der Waals surface area contributed by atoms with Crippen molar-refractivity contribution in [1.29, 1.82) is 0 Å². The quantitative estimate of drug-likeness (QED) is 0.401. The van der Waals surface area contributed by atoms with Gasteiger partial charge in [-0.15, -0.1) is 0 Å².